The minimum absolute atomic E-state index is 0.00141. The van der Waals surface area contributed by atoms with Crippen LogP contribution in [0.2, 0.25) is 10.0 Å². The second-order valence-corrected chi connectivity index (χ2v) is 12.1. The van der Waals surface area contributed by atoms with Gasteiger partial charge in [-0.25, -0.2) is 8.42 Å². The maximum absolute atomic E-state index is 14.1. The van der Waals surface area contributed by atoms with Crippen LogP contribution >= 0.6 is 23.2 Å². The molecule has 0 saturated heterocycles. The number of amides is 2. The van der Waals surface area contributed by atoms with Crippen LogP contribution in [-0.2, 0) is 26.2 Å². The third-order valence-corrected chi connectivity index (χ3v) is 8.81. The van der Waals surface area contributed by atoms with Crippen LogP contribution in [0.4, 0.5) is 5.69 Å². The Morgan fingerprint density at radius 3 is 2.18 bits per heavy atom. The van der Waals surface area contributed by atoms with E-state index in [4.69, 9.17) is 23.2 Å². The topological polar surface area (TPSA) is 86.8 Å². The number of anilines is 1. The zero-order valence-electron chi connectivity index (χ0n) is 22.4. The Kier molecular flexibility index (Phi) is 10.4. The molecule has 208 valence electrons. The molecule has 0 aliphatic heterocycles. The van der Waals surface area contributed by atoms with Crippen molar-refractivity contribution >= 4 is 50.7 Å². The molecule has 0 aliphatic carbocycles. The molecule has 39 heavy (non-hydrogen) atoms. The highest BCUT2D eigenvalue weighted by Gasteiger charge is 2.34. The number of aryl methyl sites for hydroxylation is 1. The average Bonchev–Trinajstić information content (AvgIpc) is 2.90. The van der Waals surface area contributed by atoms with Crippen LogP contribution in [0, 0.1) is 6.92 Å². The number of hydrogen-bond acceptors (Lipinski definition) is 4. The number of carbonyl (C=O) groups excluding carboxylic acids is 2. The lowest BCUT2D eigenvalue weighted by molar-refractivity contribution is -0.140. The van der Waals surface area contributed by atoms with Gasteiger partial charge >= 0.3 is 0 Å². The first-order valence-electron chi connectivity index (χ1n) is 12.6. The van der Waals surface area contributed by atoms with Gasteiger partial charge in [-0.05, 0) is 62.6 Å². The maximum atomic E-state index is 14.1. The number of nitrogens with zero attached hydrogens (tertiary/aromatic N) is 2. The van der Waals surface area contributed by atoms with Gasteiger partial charge in [0.05, 0.1) is 20.6 Å². The number of hydrogen-bond donors (Lipinski definition) is 1. The molecular formula is C29H33Cl2N3O4S. The zero-order chi connectivity index (χ0) is 28.7. The predicted octanol–water partition coefficient (Wildman–Crippen LogP) is 5.83. The van der Waals surface area contributed by atoms with Gasteiger partial charge in [-0.2, -0.15) is 0 Å². The molecule has 0 spiro atoms. The Labute approximate surface area is 240 Å². The number of nitrogens with one attached hydrogen (secondary N) is 1. The van der Waals surface area contributed by atoms with Gasteiger partial charge in [0.25, 0.3) is 10.0 Å². The van der Waals surface area contributed by atoms with Crippen LogP contribution in [0.5, 0.6) is 0 Å². The van der Waals surface area contributed by atoms with Crippen molar-refractivity contribution in [3.8, 4) is 0 Å². The summed E-state index contributed by atoms with van der Waals surface area (Å²) in [5.74, 6) is -0.868. The summed E-state index contributed by atoms with van der Waals surface area (Å²) in [7, 11) is -4.23. The molecule has 7 nitrogen and oxygen atoms in total. The van der Waals surface area contributed by atoms with E-state index in [-0.39, 0.29) is 39.1 Å². The summed E-state index contributed by atoms with van der Waals surface area (Å²) < 4.78 is 28.7. The van der Waals surface area contributed by atoms with Gasteiger partial charge in [-0.15, -0.1) is 0 Å². The Hall–Kier alpha value is -3.07. The molecule has 1 N–H and O–H groups in total. The lowest BCUT2D eigenvalue weighted by Crippen LogP contribution is -2.53. The van der Waals surface area contributed by atoms with Gasteiger partial charge in [-0.3, -0.25) is 13.9 Å². The lowest BCUT2D eigenvalue weighted by atomic mass is 10.1. The van der Waals surface area contributed by atoms with Gasteiger partial charge in [0, 0.05) is 12.6 Å². The fraction of sp³-hybridized carbons (Fsp3) is 0.310. The van der Waals surface area contributed by atoms with E-state index >= 15 is 0 Å². The third kappa shape index (κ3) is 7.32. The van der Waals surface area contributed by atoms with Crippen molar-refractivity contribution < 1.29 is 18.0 Å². The first-order valence-corrected chi connectivity index (χ1v) is 14.8. The van der Waals surface area contributed by atoms with Crippen molar-refractivity contribution in [2.24, 2.45) is 0 Å². The summed E-state index contributed by atoms with van der Waals surface area (Å²) in [6, 6.07) is 19.0. The van der Waals surface area contributed by atoms with Gasteiger partial charge in [-0.1, -0.05) is 78.7 Å². The van der Waals surface area contributed by atoms with E-state index in [0.29, 0.717) is 6.42 Å². The highest BCUT2D eigenvalue weighted by atomic mass is 35.5. The molecule has 0 fully saturated rings. The Balaban J connectivity index is 2.11. The number of benzene rings is 3. The Morgan fingerprint density at radius 1 is 0.923 bits per heavy atom. The molecule has 10 heteroatoms. The standard InChI is InChI=1S/C29H33Cl2N3O4S/c1-5-25(29(36)32-20(2)3)33(18-22-13-10-9-12-21(22)4)27(35)19-34(26-17-11-16-24(30)28(26)31)39(37,38)23-14-7-6-8-15-23/h6-17,20,25H,5,18-19H2,1-4H3,(H,32,36)/t25-/m1/s1. The minimum Gasteiger partial charge on any atom is -0.352 e. The molecular weight excluding hydrogens is 557 g/mol. The summed E-state index contributed by atoms with van der Waals surface area (Å²) in [6.07, 6.45) is 0.333. The van der Waals surface area contributed by atoms with Crippen LogP contribution in [0.1, 0.15) is 38.3 Å². The highest BCUT2D eigenvalue weighted by Crippen LogP contribution is 2.35. The first-order chi connectivity index (χ1) is 18.5. The van der Waals surface area contributed by atoms with E-state index < -0.39 is 28.5 Å². The molecule has 0 heterocycles. The van der Waals surface area contributed by atoms with Crippen LogP contribution in [-0.4, -0.2) is 43.8 Å². The van der Waals surface area contributed by atoms with E-state index in [1.165, 1.54) is 29.2 Å². The maximum Gasteiger partial charge on any atom is 0.264 e. The van der Waals surface area contributed by atoms with Crippen molar-refractivity contribution in [3.63, 3.8) is 0 Å². The van der Waals surface area contributed by atoms with Crippen molar-refractivity contribution in [1.82, 2.24) is 10.2 Å². The van der Waals surface area contributed by atoms with Crippen molar-refractivity contribution in [2.75, 3.05) is 10.8 Å². The molecule has 0 radical (unpaired) electrons. The zero-order valence-corrected chi connectivity index (χ0v) is 24.7. The monoisotopic (exact) mass is 589 g/mol. The Bertz CT molecular complexity index is 1420. The number of carbonyl (C=O) groups is 2. The number of rotatable bonds is 11. The number of sulfonamides is 1. The van der Waals surface area contributed by atoms with Gasteiger partial charge in [0.1, 0.15) is 12.6 Å². The van der Waals surface area contributed by atoms with E-state index in [1.807, 2.05) is 52.0 Å². The van der Waals surface area contributed by atoms with E-state index in [9.17, 15) is 18.0 Å². The van der Waals surface area contributed by atoms with E-state index in [0.717, 1.165) is 15.4 Å². The van der Waals surface area contributed by atoms with Crippen LogP contribution in [0.15, 0.2) is 77.7 Å². The van der Waals surface area contributed by atoms with Gasteiger partial charge in [0.15, 0.2) is 0 Å². The molecule has 0 bridgehead atoms. The van der Waals surface area contributed by atoms with Crippen LogP contribution in [0.25, 0.3) is 0 Å². The van der Waals surface area contributed by atoms with Crippen molar-refractivity contribution in [3.05, 3.63) is 94.0 Å². The molecule has 3 aromatic rings. The van der Waals surface area contributed by atoms with E-state index in [1.54, 1.807) is 24.3 Å². The molecule has 1 atom stereocenters. The molecule has 3 rings (SSSR count). The van der Waals surface area contributed by atoms with E-state index in [2.05, 4.69) is 5.32 Å². The summed E-state index contributed by atoms with van der Waals surface area (Å²) in [5, 5.41) is 3.03. The first kappa shape index (κ1) is 30.5. The molecule has 3 aromatic carbocycles. The van der Waals surface area contributed by atoms with Crippen LogP contribution in [0.3, 0.4) is 0 Å². The fourth-order valence-electron chi connectivity index (χ4n) is 4.19. The quantitative estimate of drug-likeness (QED) is 0.305. The largest absolute Gasteiger partial charge is 0.352 e. The number of halogens is 2. The molecule has 0 unspecified atom stereocenters. The Morgan fingerprint density at radius 2 is 1.56 bits per heavy atom. The van der Waals surface area contributed by atoms with Gasteiger partial charge < -0.3 is 10.2 Å². The SMILES string of the molecule is CC[C@H](C(=O)NC(C)C)N(Cc1ccccc1C)C(=O)CN(c1cccc(Cl)c1Cl)S(=O)(=O)c1ccccc1. The summed E-state index contributed by atoms with van der Waals surface area (Å²) in [6.45, 7) is 6.95. The lowest BCUT2D eigenvalue weighted by Gasteiger charge is -2.34. The van der Waals surface area contributed by atoms with Crippen molar-refractivity contribution in [1.29, 1.82) is 0 Å². The van der Waals surface area contributed by atoms with Crippen LogP contribution < -0.4 is 9.62 Å². The summed E-state index contributed by atoms with van der Waals surface area (Å²) in [5.41, 5.74) is 1.86. The normalized spacial score (nSPS) is 12.2. The average molecular weight is 591 g/mol. The fourth-order valence-corrected chi connectivity index (χ4v) is 6.08. The molecule has 0 aliphatic rings. The minimum atomic E-state index is -4.23. The van der Waals surface area contributed by atoms with Crippen molar-refractivity contribution in [2.45, 2.75) is 57.6 Å². The summed E-state index contributed by atoms with van der Waals surface area (Å²) >= 11 is 12.7. The smallest absolute Gasteiger partial charge is 0.264 e. The molecule has 0 saturated carbocycles. The molecule has 2 amide bonds. The van der Waals surface area contributed by atoms with Gasteiger partial charge in [0.2, 0.25) is 11.8 Å². The molecule has 0 aromatic heterocycles. The highest BCUT2D eigenvalue weighted by molar-refractivity contribution is 7.92. The third-order valence-electron chi connectivity index (χ3n) is 6.23. The second-order valence-electron chi connectivity index (χ2n) is 9.43. The second kappa shape index (κ2) is 13.3. The summed E-state index contributed by atoms with van der Waals surface area (Å²) in [4.78, 5) is 28.7. The predicted molar refractivity (Wildman–Crippen MR) is 157 cm³/mol.